The number of piperidine rings is 1. The number of carbonyl (C=O) groups is 2. The van der Waals surface area contributed by atoms with Gasteiger partial charge in [0.2, 0.25) is 11.8 Å². The minimum absolute atomic E-state index is 0. The van der Waals surface area contributed by atoms with Crippen molar-refractivity contribution < 1.29 is 9.59 Å². The van der Waals surface area contributed by atoms with Gasteiger partial charge in [-0.2, -0.15) is 5.26 Å². The van der Waals surface area contributed by atoms with Crippen LogP contribution in [0.25, 0.3) is 0 Å². The summed E-state index contributed by atoms with van der Waals surface area (Å²) in [6.07, 6.45) is 3.09. The number of likely N-dealkylation sites (tertiary alicyclic amines) is 1. The third-order valence-electron chi connectivity index (χ3n) is 5.10. The Morgan fingerprint density at radius 1 is 1.34 bits per heavy atom. The second-order valence-corrected chi connectivity index (χ2v) is 8.44. The molecule has 2 amide bonds. The molecule has 0 aliphatic carbocycles. The summed E-state index contributed by atoms with van der Waals surface area (Å²) in [6, 6.07) is 5.28. The largest absolute Gasteiger partial charge is 0.322 e. The predicted octanol–water partition coefficient (Wildman–Crippen LogP) is 2.00. The van der Waals surface area contributed by atoms with Crippen LogP contribution >= 0.6 is 60.6 Å². The lowest BCUT2D eigenvalue weighted by Gasteiger charge is -2.36. The van der Waals surface area contributed by atoms with E-state index in [0.717, 1.165) is 12.8 Å². The summed E-state index contributed by atoms with van der Waals surface area (Å²) in [5.74, 6) is 7.08. The first-order chi connectivity index (χ1) is 14.0. The molecule has 32 heavy (non-hydrogen) atoms. The molecule has 180 valence electrons. The van der Waals surface area contributed by atoms with E-state index in [1.54, 1.807) is 40.0 Å². The van der Waals surface area contributed by atoms with Gasteiger partial charge in [0.25, 0.3) is 0 Å². The van der Waals surface area contributed by atoms with E-state index in [2.05, 4.69) is 21.3 Å². The molecule has 0 radical (unpaired) electrons. The van der Waals surface area contributed by atoms with Gasteiger partial charge in [0.15, 0.2) is 5.15 Å². The molecular formula is C18H27Cl4N7O2S. The smallest absolute Gasteiger partial charge is 0.239 e. The molecule has 0 spiro atoms. The summed E-state index contributed by atoms with van der Waals surface area (Å²) in [4.78, 5) is 32.3. The quantitative estimate of drug-likeness (QED) is 0.316. The number of nitriles is 1. The van der Waals surface area contributed by atoms with E-state index in [-0.39, 0.29) is 79.4 Å². The van der Waals surface area contributed by atoms with Crippen molar-refractivity contribution in [1.82, 2.24) is 19.8 Å². The zero-order valence-corrected chi connectivity index (χ0v) is 21.2. The zero-order chi connectivity index (χ0) is 20.8. The van der Waals surface area contributed by atoms with Crippen LogP contribution in [0.3, 0.4) is 0 Å². The number of thioether (sulfide) groups is 1. The summed E-state index contributed by atoms with van der Waals surface area (Å²) in [7, 11) is 0. The Balaban J connectivity index is 0.00000320. The van der Waals surface area contributed by atoms with Gasteiger partial charge >= 0.3 is 0 Å². The van der Waals surface area contributed by atoms with Crippen LogP contribution in [0.5, 0.6) is 0 Å². The van der Waals surface area contributed by atoms with Gasteiger partial charge in [-0.05, 0) is 25.0 Å². The molecule has 2 fully saturated rings. The maximum atomic E-state index is 12.4. The number of nitrogens with zero attached hydrogens (tertiary/aromatic N) is 5. The van der Waals surface area contributed by atoms with Crippen LogP contribution in [0.1, 0.15) is 12.8 Å². The number of pyridine rings is 1. The fourth-order valence-electron chi connectivity index (χ4n) is 3.45. The van der Waals surface area contributed by atoms with Gasteiger partial charge in [0, 0.05) is 31.1 Å². The van der Waals surface area contributed by atoms with Crippen LogP contribution in [0.4, 0.5) is 5.69 Å². The second kappa shape index (κ2) is 15.0. The molecule has 3 rings (SSSR count). The van der Waals surface area contributed by atoms with Crippen LogP contribution in [0, 0.1) is 11.3 Å². The van der Waals surface area contributed by atoms with Crippen molar-refractivity contribution in [1.29, 1.82) is 5.26 Å². The highest BCUT2D eigenvalue weighted by Gasteiger charge is 2.31. The molecule has 0 bridgehead atoms. The summed E-state index contributed by atoms with van der Waals surface area (Å²) < 4.78 is 0. The van der Waals surface area contributed by atoms with Gasteiger partial charge in [-0.3, -0.25) is 20.3 Å². The number of nitrogens with two attached hydrogens (primary N) is 1. The molecule has 1 atom stereocenters. The number of hydrogen-bond acceptors (Lipinski definition) is 8. The highest BCUT2D eigenvalue weighted by Crippen LogP contribution is 2.21. The van der Waals surface area contributed by atoms with Crippen molar-refractivity contribution in [3.63, 3.8) is 0 Å². The topological polar surface area (TPSA) is 119 Å². The number of anilines is 1. The normalized spacial score (nSPS) is 18.7. The standard InChI is InChI=1S/C18H24ClN7O2S.3ClH/c19-18-15(2-1-5-22-18)23-16(27)9-24-6-3-13(4-7-24)26(21)10-17(28)25-12-29-11-14(25)8-20;;;/h1-2,5,13-14H,3-4,6-7,9-12,21H2,(H,23,27);3*1H. The monoisotopic (exact) mass is 545 g/mol. The minimum atomic E-state index is -0.366. The molecule has 3 N–H and O–H groups in total. The number of hydrazine groups is 1. The molecule has 1 aromatic rings. The Bertz CT molecular complexity index is 793. The Hall–Kier alpha value is -1.03. The lowest BCUT2D eigenvalue weighted by atomic mass is 10.0. The molecule has 0 saturated carbocycles. The van der Waals surface area contributed by atoms with Crippen LogP contribution < -0.4 is 11.2 Å². The number of nitrogens with one attached hydrogen (secondary N) is 1. The third-order valence-corrected chi connectivity index (χ3v) is 6.41. The molecule has 2 saturated heterocycles. The lowest BCUT2D eigenvalue weighted by molar-refractivity contribution is -0.132. The highest BCUT2D eigenvalue weighted by molar-refractivity contribution is 7.99. The van der Waals surface area contributed by atoms with Crippen molar-refractivity contribution in [3.05, 3.63) is 23.5 Å². The van der Waals surface area contributed by atoms with Crippen molar-refractivity contribution in [2.75, 3.05) is 43.1 Å². The molecule has 9 nitrogen and oxygen atoms in total. The minimum Gasteiger partial charge on any atom is -0.322 e. The van der Waals surface area contributed by atoms with E-state index >= 15 is 0 Å². The van der Waals surface area contributed by atoms with Gasteiger partial charge in [-0.1, -0.05) is 11.6 Å². The maximum Gasteiger partial charge on any atom is 0.239 e. The Labute approximate surface area is 215 Å². The fourth-order valence-corrected chi connectivity index (χ4v) is 4.72. The first-order valence-corrected chi connectivity index (χ1v) is 10.9. The predicted molar refractivity (Wildman–Crippen MR) is 134 cm³/mol. The summed E-state index contributed by atoms with van der Waals surface area (Å²) in [5.41, 5.74) is 0.497. The van der Waals surface area contributed by atoms with Gasteiger partial charge in [0.1, 0.15) is 6.04 Å². The fraction of sp³-hybridized carbons (Fsp3) is 0.556. The molecular weight excluding hydrogens is 520 g/mol. The SMILES string of the molecule is Cl.Cl.Cl.N#CC1CSCN1C(=O)CN(N)C1CCN(CC(=O)Nc2cccnc2Cl)CC1. The van der Waals surface area contributed by atoms with E-state index in [0.29, 0.717) is 30.4 Å². The summed E-state index contributed by atoms with van der Waals surface area (Å²) >= 11 is 7.54. The molecule has 14 heteroatoms. The summed E-state index contributed by atoms with van der Waals surface area (Å²) in [5, 5.41) is 13.7. The van der Waals surface area contributed by atoms with Crippen LogP contribution in [-0.4, -0.2) is 81.5 Å². The number of aromatic nitrogens is 1. The maximum absolute atomic E-state index is 12.4. The van der Waals surface area contributed by atoms with E-state index < -0.39 is 0 Å². The van der Waals surface area contributed by atoms with Gasteiger partial charge < -0.3 is 10.2 Å². The lowest BCUT2D eigenvalue weighted by Crippen LogP contribution is -2.53. The van der Waals surface area contributed by atoms with Gasteiger partial charge in [0.05, 0.1) is 30.7 Å². The van der Waals surface area contributed by atoms with Crippen LogP contribution in [0.2, 0.25) is 5.15 Å². The number of carbonyl (C=O) groups excluding carboxylic acids is 2. The van der Waals surface area contributed by atoms with Crippen LogP contribution in [0.15, 0.2) is 18.3 Å². The zero-order valence-electron chi connectivity index (χ0n) is 17.2. The van der Waals surface area contributed by atoms with E-state index in [1.807, 2.05) is 0 Å². The highest BCUT2D eigenvalue weighted by atomic mass is 35.5. The number of hydrogen-bond donors (Lipinski definition) is 2. The Morgan fingerprint density at radius 2 is 2.03 bits per heavy atom. The average molecular weight is 547 g/mol. The van der Waals surface area contributed by atoms with Gasteiger partial charge in [-0.25, -0.2) is 9.99 Å². The second-order valence-electron chi connectivity index (χ2n) is 7.08. The van der Waals surface area contributed by atoms with E-state index in [4.69, 9.17) is 22.7 Å². The van der Waals surface area contributed by atoms with Crippen molar-refractivity contribution in [2.45, 2.75) is 24.9 Å². The number of rotatable bonds is 6. The Kier molecular flexibility index (Phi) is 14.5. The number of amides is 2. The molecule has 1 aromatic heterocycles. The summed E-state index contributed by atoms with van der Waals surface area (Å²) in [6.45, 7) is 1.78. The van der Waals surface area contributed by atoms with Crippen molar-refractivity contribution in [2.24, 2.45) is 5.84 Å². The first-order valence-electron chi connectivity index (χ1n) is 9.39. The van der Waals surface area contributed by atoms with Crippen molar-refractivity contribution >= 4 is 78.1 Å². The van der Waals surface area contributed by atoms with Crippen molar-refractivity contribution in [3.8, 4) is 6.07 Å². The molecule has 3 heterocycles. The first kappa shape index (κ1) is 31.0. The molecule has 2 aliphatic rings. The number of halogens is 4. The van der Waals surface area contributed by atoms with E-state index in [1.165, 1.54) is 0 Å². The molecule has 2 aliphatic heterocycles. The third kappa shape index (κ3) is 8.39. The van der Waals surface area contributed by atoms with E-state index in [9.17, 15) is 9.59 Å². The Morgan fingerprint density at radius 3 is 2.66 bits per heavy atom. The molecule has 0 aromatic carbocycles. The molecule has 1 unspecified atom stereocenters. The van der Waals surface area contributed by atoms with Crippen LogP contribution in [-0.2, 0) is 9.59 Å². The van der Waals surface area contributed by atoms with Gasteiger partial charge in [-0.15, -0.1) is 49.0 Å². The average Bonchev–Trinajstić information content (AvgIpc) is 3.19.